The van der Waals surface area contributed by atoms with Gasteiger partial charge in [-0.3, -0.25) is 9.89 Å². The number of H-pyrrole nitrogens is 1. The number of rotatable bonds is 6. The highest BCUT2D eigenvalue weighted by Gasteiger charge is 2.36. The lowest BCUT2D eigenvalue weighted by Gasteiger charge is -2.27. The van der Waals surface area contributed by atoms with Crippen molar-refractivity contribution in [2.45, 2.75) is 38.3 Å². The Morgan fingerprint density at radius 3 is 2.71 bits per heavy atom. The smallest absolute Gasteiger partial charge is 0.306 e. The second-order valence-electron chi connectivity index (χ2n) is 8.02. The Morgan fingerprint density at radius 2 is 2.06 bits per heavy atom. The minimum atomic E-state index is -1.86. The van der Waals surface area contributed by atoms with Gasteiger partial charge in [0.25, 0.3) is 0 Å². The van der Waals surface area contributed by atoms with E-state index in [4.69, 9.17) is 0 Å². The number of carbonyl (C=O) groups is 1. The van der Waals surface area contributed by atoms with Crippen LogP contribution in [0.4, 0.5) is 8.78 Å². The normalized spacial score (nSPS) is 12.9. The highest BCUT2D eigenvalue weighted by atomic mass is 19.1. The second kappa shape index (κ2) is 7.47. The fourth-order valence-electron chi connectivity index (χ4n) is 3.95. The van der Waals surface area contributed by atoms with Crippen LogP contribution >= 0.6 is 0 Å². The van der Waals surface area contributed by atoms with Gasteiger partial charge in [-0.1, -0.05) is 13.8 Å². The first-order valence-electron chi connectivity index (χ1n) is 9.60. The molecular formula is C22H19F2N5O2. The van der Waals surface area contributed by atoms with Crippen molar-refractivity contribution in [2.75, 3.05) is 0 Å². The minimum Gasteiger partial charge on any atom is -0.481 e. The maximum Gasteiger partial charge on any atom is 0.306 e. The molecule has 0 saturated heterocycles. The zero-order valence-electron chi connectivity index (χ0n) is 16.9. The fourth-order valence-corrected chi connectivity index (χ4v) is 3.95. The Bertz CT molecular complexity index is 1330. The molecule has 158 valence electrons. The number of carboxylic acid groups (broad SMARTS) is 1. The Morgan fingerprint density at radius 1 is 1.35 bits per heavy atom. The zero-order valence-corrected chi connectivity index (χ0v) is 16.9. The standard InChI is InChI=1S/C22H19F2N5O2/c1-22(2,7-8-25)20-18(15(24)10-17(30)31)19-16(9-12-11-26-28-21(12)27-19)29(20)14-5-3-13(23)4-6-14/h3-6,9,11,15H,7,10H2,1-2H3,(H,30,31)(H,26,27,28)/t15-/m0/s1. The third-order valence-electron chi connectivity index (χ3n) is 5.29. The van der Waals surface area contributed by atoms with Gasteiger partial charge < -0.3 is 9.67 Å². The predicted octanol–water partition coefficient (Wildman–Crippen LogP) is 4.72. The van der Waals surface area contributed by atoms with Gasteiger partial charge in [-0.2, -0.15) is 10.4 Å². The predicted molar refractivity (Wildman–Crippen MR) is 110 cm³/mol. The number of nitrogens with one attached hydrogen (secondary N) is 1. The van der Waals surface area contributed by atoms with E-state index in [0.29, 0.717) is 27.9 Å². The first kappa shape index (κ1) is 20.5. The highest BCUT2D eigenvalue weighted by molar-refractivity contribution is 5.94. The van der Waals surface area contributed by atoms with Crippen molar-refractivity contribution in [3.8, 4) is 11.8 Å². The van der Waals surface area contributed by atoms with Crippen LogP contribution in [0.1, 0.15) is 44.1 Å². The summed E-state index contributed by atoms with van der Waals surface area (Å²) in [6.45, 7) is 3.57. The molecule has 4 aromatic rings. The van der Waals surface area contributed by atoms with Gasteiger partial charge in [-0.05, 0) is 30.3 Å². The summed E-state index contributed by atoms with van der Waals surface area (Å²) in [4.78, 5) is 15.8. The van der Waals surface area contributed by atoms with Crippen molar-refractivity contribution >= 4 is 28.0 Å². The molecule has 4 rings (SSSR count). The van der Waals surface area contributed by atoms with Crippen molar-refractivity contribution in [3.63, 3.8) is 0 Å². The van der Waals surface area contributed by atoms with Crippen LogP contribution in [-0.2, 0) is 10.2 Å². The van der Waals surface area contributed by atoms with E-state index in [0.717, 1.165) is 0 Å². The molecular weight excluding hydrogens is 404 g/mol. The van der Waals surface area contributed by atoms with Crippen LogP contribution in [0, 0.1) is 17.1 Å². The Balaban J connectivity index is 2.17. The van der Waals surface area contributed by atoms with Gasteiger partial charge >= 0.3 is 5.97 Å². The molecule has 0 amide bonds. The SMILES string of the molecule is CC(C)(CC#N)c1c([C@@H](F)CC(=O)O)c2nc3[nH]ncc3cc2n1-c1ccc(F)cc1. The van der Waals surface area contributed by atoms with E-state index in [1.807, 2.05) is 0 Å². The van der Waals surface area contributed by atoms with Crippen molar-refractivity contribution in [1.29, 1.82) is 5.26 Å². The largest absolute Gasteiger partial charge is 0.481 e. The number of nitrogens with zero attached hydrogens (tertiary/aromatic N) is 4. The number of alkyl halides is 1. The molecule has 2 N–H and O–H groups in total. The van der Waals surface area contributed by atoms with E-state index < -0.39 is 29.8 Å². The first-order valence-corrected chi connectivity index (χ1v) is 9.60. The topological polar surface area (TPSA) is 108 Å². The molecule has 0 fully saturated rings. The minimum absolute atomic E-state index is 0.0523. The van der Waals surface area contributed by atoms with Gasteiger partial charge in [-0.25, -0.2) is 13.8 Å². The number of hydrogen-bond acceptors (Lipinski definition) is 4. The highest BCUT2D eigenvalue weighted by Crippen LogP contribution is 2.43. The average molecular weight is 423 g/mol. The quantitative estimate of drug-likeness (QED) is 0.467. The Hall–Kier alpha value is -3.80. The number of halogens is 2. The molecule has 9 heteroatoms. The number of benzene rings is 1. The number of hydrogen-bond donors (Lipinski definition) is 2. The van der Waals surface area contributed by atoms with Gasteiger partial charge in [-0.15, -0.1) is 0 Å². The van der Waals surface area contributed by atoms with Gasteiger partial charge in [0.1, 0.15) is 12.0 Å². The van der Waals surface area contributed by atoms with Crippen LogP contribution in [0.15, 0.2) is 36.5 Å². The lowest BCUT2D eigenvalue weighted by Crippen LogP contribution is -2.23. The van der Waals surface area contributed by atoms with Gasteiger partial charge in [0.15, 0.2) is 5.65 Å². The summed E-state index contributed by atoms with van der Waals surface area (Å²) in [6, 6.07) is 9.57. The van der Waals surface area contributed by atoms with E-state index in [1.165, 1.54) is 12.1 Å². The van der Waals surface area contributed by atoms with Gasteiger partial charge in [0.2, 0.25) is 0 Å². The summed E-state index contributed by atoms with van der Waals surface area (Å²) in [5, 5.41) is 26.0. The number of aromatic nitrogens is 4. The van der Waals surface area contributed by atoms with Gasteiger partial charge in [0, 0.05) is 34.2 Å². The fraction of sp³-hybridized carbons (Fsp3) is 0.273. The van der Waals surface area contributed by atoms with Crippen LogP contribution in [0.5, 0.6) is 0 Å². The molecule has 3 heterocycles. The Kier molecular flexibility index (Phi) is 4.93. The van der Waals surface area contributed by atoms with E-state index in [1.54, 1.807) is 42.8 Å². The van der Waals surface area contributed by atoms with Crippen molar-refractivity contribution in [2.24, 2.45) is 0 Å². The number of fused-ring (bicyclic) bond motifs is 2. The summed E-state index contributed by atoms with van der Waals surface area (Å²) in [6.07, 6.45) is -0.978. The summed E-state index contributed by atoms with van der Waals surface area (Å²) >= 11 is 0. The molecule has 3 aromatic heterocycles. The molecule has 7 nitrogen and oxygen atoms in total. The summed E-state index contributed by atoms with van der Waals surface area (Å²) < 4.78 is 30.8. The second-order valence-corrected chi connectivity index (χ2v) is 8.02. The number of pyridine rings is 1. The molecule has 0 saturated carbocycles. The molecule has 0 aliphatic heterocycles. The van der Waals surface area contributed by atoms with Crippen molar-refractivity contribution in [1.82, 2.24) is 19.7 Å². The van der Waals surface area contributed by atoms with Crippen LogP contribution in [0.25, 0.3) is 27.8 Å². The van der Waals surface area contributed by atoms with E-state index >= 15 is 4.39 Å². The van der Waals surface area contributed by atoms with E-state index in [9.17, 15) is 19.6 Å². The van der Waals surface area contributed by atoms with Crippen LogP contribution in [0.2, 0.25) is 0 Å². The molecule has 0 radical (unpaired) electrons. The molecule has 1 atom stereocenters. The molecule has 1 aromatic carbocycles. The molecule has 0 bridgehead atoms. The maximum absolute atomic E-state index is 15.5. The number of aromatic amines is 1. The first-order chi connectivity index (χ1) is 14.7. The van der Waals surface area contributed by atoms with Crippen molar-refractivity contribution in [3.05, 3.63) is 53.6 Å². The zero-order chi connectivity index (χ0) is 22.3. The van der Waals surface area contributed by atoms with Crippen LogP contribution in [-0.4, -0.2) is 30.8 Å². The van der Waals surface area contributed by atoms with Crippen LogP contribution < -0.4 is 0 Å². The number of carboxylic acids is 1. The van der Waals surface area contributed by atoms with Crippen LogP contribution in [0.3, 0.4) is 0 Å². The molecule has 31 heavy (non-hydrogen) atoms. The average Bonchev–Trinajstić information content (AvgIpc) is 3.28. The van der Waals surface area contributed by atoms with Gasteiger partial charge in [0.05, 0.1) is 29.7 Å². The third kappa shape index (κ3) is 3.50. The van der Waals surface area contributed by atoms with Crippen molar-refractivity contribution < 1.29 is 18.7 Å². The molecule has 0 spiro atoms. The maximum atomic E-state index is 15.5. The molecule has 0 aliphatic rings. The Labute approximate surface area is 175 Å². The third-order valence-corrected chi connectivity index (χ3v) is 5.29. The monoisotopic (exact) mass is 423 g/mol. The molecule has 0 aliphatic carbocycles. The summed E-state index contributed by atoms with van der Waals surface area (Å²) in [5.74, 6) is -1.72. The number of nitriles is 1. The van der Waals surface area contributed by atoms with E-state index in [-0.39, 0.29) is 17.5 Å². The molecule has 0 unspecified atom stereocenters. The lowest BCUT2D eigenvalue weighted by atomic mass is 9.82. The number of aliphatic carboxylic acids is 1. The summed E-state index contributed by atoms with van der Waals surface area (Å²) in [7, 11) is 0. The summed E-state index contributed by atoms with van der Waals surface area (Å²) in [5.41, 5.74) is 1.45. The lowest BCUT2D eigenvalue weighted by molar-refractivity contribution is -0.138. The van der Waals surface area contributed by atoms with E-state index in [2.05, 4.69) is 21.3 Å².